The smallest absolute Gasteiger partial charge is 0.410 e. The van der Waals surface area contributed by atoms with E-state index in [0.29, 0.717) is 42.6 Å². The molecule has 3 amide bonds. The fraction of sp³-hybridized carbons (Fsp3) is 0.382. The van der Waals surface area contributed by atoms with E-state index in [2.05, 4.69) is 20.2 Å². The molecular weight excluding hydrogens is 621 g/mol. The first-order valence-corrected chi connectivity index (χ1v) is 16.6. The summed E-state index contributed by atoms with van der Waals surface area (Å²) < 4.78 is 23.2. The first kappa shape index (κ1) is 30.9. The van der Waals surface area contributed by atoms with E-state index in [0.717, 1.165) is 36.3 Å². The summed E-state index contributed by atoms with van der Waals surface area (Å²) in [7, 11) is 0. The van der Waals surface area contributed by atoms with E-state index in [1.54, 1.807) is 28.9 Å². The molecule has 5 heterocycles. The van der Waals surface area contributed by atoms with Crippen LogP contribution in [0.2, 0.25) is 0 Å². The second-order valence-electron chi connectivity index (χ2n) is 13.0. The van der Waals surface area contributed by atoms with Crippen molar-refractivity contribution in [1.29, 1.82) is 0 Å². The maximum Gasteiger partial charge on any atom is 0.410 e. The number of benzene rings is 2. The van der Waals surface area contributed by atoms with E-state index < -0.39 is 29.3 Å². The quantitative estimate of drug-likeness (QED) is 0.292. The van der Waals surface area contributed by atoms with Gasteiger partial charge in [0.15, 0.2) is 11.2 Å². The van der Waals surface area contributed by atoms with Gasteiger partial charge in [-0.3, -0.25) is 14.9 Å². The fourth-order valence-electron chi connectivity index (χ4n) is 6.50. The molecule has 11 nitrogen and oxygen atoms in total. The number of amides is 3. The molecule has 1 N–H and O–H groups in total. The molecule has 2 aromatic carbocycles. The SMILES string of the molecule is CC(C)(C)OC(=O)N1CCN(c2ccc(-c3cc(F)c4c(c3)C(=O)N([C@@H](C(=O)Nc3nccs3)c3ncn5c3CCC5)C4)cc2)CC1. The minimum Gasteiger partial charge on any atom is -0.444 e. The van der Waals surface area contributed by atoms with Crippen LogP contribution < -0.4 is 10.2 Å². The van der Waals surface area contributed by atoms with Crippen LogP contribution >= 0.6 is 11.3 Å². The highest BCUT2D eigenvalue weighted by Crippen LogP contribution is 2.38. The van der Waals surface area contributed by atoms with Crippen LogP contribution in [0.5, 0.6) is 0 Å². The molecule has 3 aliphatic heterocycles. The molecule has 47 heavy (non-hydrogen) atoms. The molecule has 1 saturated heterocycles. The molecule has 0 unspecified atom stereocenters. The van der Waals surface area contributed by atoms with Crippen molar-refractivity contribution in [2.75, 3.05) is 36.4 Å². The third-order valence-electron chi connectivity index (χ3n) is 8.78. The molecule has 244 valence electrons. The van der Waals surface area contributed by atoms with Crippen LogP contribution in [-0.2, 0) is 29.0 Å². The van der Waals surface area contributed by atoms with E-state index in [1.807, 2.05) is 49.6 Å². The molecule has 13 heteroatoms. The molecule has 1 fully saturated rings. The first-order chi connectivity index (χ1) is 22.6. The Morgan fingerprint density at radius 3 is 2.49 bits per heavy atom. The second kappa shape index (κ2) is 12.1. The van der Waals surface area contributed by atoms with Gasteiger partial charge in [-0.2, -0.15) is 0 Å². The zero-order valence-corrected chi connectivity index (χ0v) is 27.3. The van der Waals surface area contributed by atoms with Crippen LogP contribution in [-0.4, -0.2) is 74.0 Å². The van der Waals surface area contributed by atoms with Crippen molar-refractivity contribution in [2.45, 2.75) is 58.3 Å². The lowest BCUT2D eigenvalue weighted by atomic mass is 9.99. The summed E-state index contributed by atoms with van der Waals surface area (Å²) in [5, 5.41) is 5.00. The number of carbonyl (C=O) groups excluding carboxylic acids is 3. The molecule has 0 bridgehead atoms. The van der Waals surface area contributed by atoms with Gasteiger partial charge in [-0.15, -0.1) is 11.3 Å². The van der Waals surface area contributed by atoms with Crippen molar-refractivity contribution >= 4 is 40.1 Å². The van der Waals surface area contributed by atoms with E-state index >= 15 is 4.39 Å². The number of aromatic nitrogens is 3. The maximum atomic E-state index is 15.7. The molecule has 0 radical (unpaired) electrons. The van der Waals surface area contributed by atoms with Crippen molar-refractivity contribution in [2.24, 2.45) is 0 Å². The summed E-state index contributed by atoms with van der Waals surface area (Å²) in [6.45, 7) is 8.75. The van der Waals surface area contributed by atoms with Gasteiger partial charge in [-0.05, 0) is 69.0 Å². The minimum atomic E-state index is -1.04. The fourth-order valence-corrected chi connectivity index (χ4v) is 7.04. The predicted octanol–water partition coefficient (Wildman–Crippen LogP) is 5.48. The van der Waals surface area contributed by atoms with Crippen LogP contribution in [0.25, 0.3) is 11.1 Å². The van der Waals surface area contributed by atoms with Gasteiger partial charge in [0, 0.05) is 66.8 Å². The number of thiazole rings is 1. The topological polar surface area (TPSA) is 113 Å². The lowest BCUT2D eigenvalue weighted by molar-refractivity contribution is -0.121. The average Bonchev–Trinajstić information content (AvgIpc) is 3.85. The molecule has 0 saturated carbocycles. The number of imidazole rings is 1. The van der Waals surface area contributed by atoms with E-state index in [4.69, 9.17) is 4.74 Å². The molecule has 0 aliphatic carbocycles. The van der Waals surface area contributed by atoms with Gasteiger partial charge in [0.25, 0.3) is 11.8 Å². The second-order valence-corrected chi connectivity index (χ2v) is 13.9. The third-order valence-corrected chi connectivity index (χ3v) is 9.47. The average molecular weight is 658 g/mol. The Bertz CT molecular complexity index is 1830. The minimum absolute atomic E-state index is 0.0449. The summed E-state index contributed by atoms with van der Waals surface area (Å²) in [6.07, 6.45) is 4.67. The van der Waals surface area contributed by atoms with Crippen molar-refractivity contribution in [3.63, 3.8) is 0 Å². The number of fused-ring (bicyclic) bond motifs is 2. The van der Waals surface area contributed by atoms with Crippen LogP contribution in [0.4, 0.5) is 20.0 Å². The molecule has 3 aliphatic rings. The monoisotopic (exact) mass is 657 g/mol. The van der Waals surface area contributed by atoms with Crippen molar-refractivity contribution in [1.82, 2.24) is 24.3 Å². The Morgan fingerprint density at radius 1 is 1.02 bits per heavy atom. The molecule has 7 rings (SSSR count). The molecule has 4 aromatic rings. The number of nitrogens with zero attached hydrogens (tertiary/aromatic N) is 6. The molecule has 1 atom stereocenters. The van der Waals surface area contributed by atoms with Gasteiger partial charge in [-0.25, -0.2) is 19.2 Å². The Morgan fingerprint density at radius 2 is 1.79 bits per heavy atom. The van der Waals surface area contributed by atoms with Gasteiger partial charge >= 0.3 is 6.09 Å². The Balaban J connectivity index is 1.10. The number of hydrogen-bond donors (Lipinski definition) is 1. The lowest BCUT2D eigenvalue weighted by Crippen LogP contribution is -2.50. The van der Waals surface area contributed by atoms with Crippen LogP contribution in [0.1, 0.15) is 60.5 Å². The summed E-state index contributed by atoms with van der Waals surface area (Å²) in [4.78, 5) is 54.2. The standard InChI is InChI=1S/C34H36FN7O4S/c1-34(2,3)46-33(45)40-14-12-39(13-15-40)23-8-6-21(7-9-23)22-17-24-25(26(35)18-22)19-42(31(24)44)29(30(43)38-32-36-10-16-47-32)28-27-5-4-11-41(27)20-37-28/h6-10,16-18,20,29H,4-5,11-15,19H2,1-3H3,(H,36,38,43)/t29-/m1/s1. The number of carbonyl (C=O) groups is 3. The Labute approximate surface area is 276 Å². The summed E-state index contributed by atoms with van der Waals surface area (Å²) in [5.41, 5.74) is 3.72. The highest BCUT2D eigenvalue weighted by atomic mass is 32.1. The number of rotatable bonds is 6. The first-order valence-electron chi connectivity index (χ1n) is 15.8. The summed E-state index contributed by atoms with van der Waals surface area (Å²) in [6, 6.07) is 9.88. The summed E-state index contributed by atoms with van der Waals surface area (Å²) in [5.74, 6) is -1.35. The predicted molar refractivity (Wildman–Crippen MR) is 176 cm³/mol. The number of piperazine rings is 1. The zero-order valence-electron chi connectivity index (χ0n) is 26.5. The van der Waals surface area contributed by atoms with Crippen molar-refractivity contribution in [3.8, 4) is 11.1 Å². The molecule has 2 aromatic heterocycles. The number of halogens is 1. The van der Waals surface area contributed by atoms with Gasteiger partial charge < -0.3 is 24.0 Å². The van der Waals surface area contributed by atoms with E-state index in [1.165, 1.54) is 22.3 Å². The number of nitrogens with one attached hydrogen (secondary N) is 1. The van der Waals surface area contributed by atoms with Crippen LogP contribution in [0.3, 0.4) is 0 Å². The highest BCUT2D eigenvalue weighted by molar-refractivity contribution is 7.13. The van der Waals surface area contributed by atoms with Gasteiger partial charge in [-0.1, -0.05) is 12.1 Å². The number of aryl methyl sites for hydroxylation is 1. The normalized spacial score (nSPS) is 16.7. The van der Waals surface area contributed by atoms with Crippen LogP contribution in [0.15, 0.2) is 54.3 Å². The van der Waals surface area contributed by atoms with Gasteiger partial charge in [0.05, 0.1) is 18.6 Å². The van der Waals surface area contributed by atoms with Crippen LogP contribution in [0, 0.1) is 5.82 Å². The van der Waals surface area contributed by atoms with E-state index in [-0.39, 0.29) is 23.8 Å². The zero-order chi connectivity index (χ0) is 32.9. The molecular formula is C34H36FN7O4S. The van der Waals surface area contributed by atoms with Crippen molar-refractivity contribution < 1.29 is 23.5 Å². The van der Waals surface area contributed by atoms with Crippen molar-refractivity contribution in [3.05, 3.63) is 82.6 Å². The number of anilines is 2. The van der Waals surface area contributed by atoms with Gasteiger partial charge in [0.1, 0.15) is 11.4 Å². The third kappa shape index (κ3) is 6.07. The van der Waals surface area contributed by atoms with E-state index in [9.17, 15) is 14.4 Å². The number of hydrogen-bond acceptors (Lipinski definition) is 8. The summed E-state index contributed by atoms with van der Waals surface area (Å²) >= 11 is 1.28. The number of ether oxygens (including phenoxy) is 1. The Hall–Kier alpha value is -4.78. The van der Waals surface area contributed by atoms with Gasteiger partial charge in [0.2, 0.25) is 0 Å². The Kier molecular flexibility index (Phi) is 7.95. The molecule has 0 spiro atoms. The lowest BCUT2D eigenvalue weighted by Gasteiger charge is -2.36. The maximum absolute atomic E-state index is 15.7. The largest absolute Gasteiger partial charge is 0.444 e. The highest BCUT2D eigenvalue weighted by Gasteiger charge is 2.42.